The molecule has 0 fully saturated rings. The number of unbranched alkanes of at least 4 members (excludes halogenated alkanes) is 1. The third kappa shape index (κ3) is 22.4. The Balaban J connectivity index is 0. The second-order valence-corrected chi connectivity index (χ2v) is 2.78. The molecule has 0 bridgehead atoms. The van der Waals surface area contributed by atoms with Crippen molar-refractivity contribution in [3.8, 4) is 0 Å². The molecule has 0 spiro atoms. The fourth-order valence-corrected chi connectivity index (χ4v) is 0.552. The average molecular weight is 205 g/mol. The van der Waals surface area contributed by atoms with Crippen molar-refractivity contribution in [1.82, 2.24) is 0 Å². The Morgan fingerprint density at radius 2 is 1.36 bits per heavy atom. The Morgan fingerprint density at radius 3 is 1.50 bits per heavy atom. The molecule has 84 valence electrons. The van der Waals surface area contributed by atoms with Crippen LogP contribution in [0.4, 0.5) is 0 Å². The molecular weight excluding hydrogens is 186 g/mol. The zero-order valence-electron chi connectivity index (χ0n) is 8.53. The molecule has 0 amide bonds. The summed E-state index contributed by atoms with van der Waals surface area (Å²) in [6.45, 7) is 2.88. The predicted molar refractivity (Wildman–Crippen MR) is 53.1 cm³/mol. The van der Waals surface area contributed by atoms with Gasteiger partial charge in [-0.15, -0.1) is 0 Å². The summed E-state index contributed by atoms with van der Waals surface area (Å²) in [4.78, 5) is 19.8. The maximum absolute atomic E-state index is 9.90. The Morgan fingerprint density at radius 1 is 1.07 bits per heavy atom. The van der Waals surface area contributed by atoms with Crippen LogP contribution in [0, 0.1) is 0 Å². The van der Waals surface area contributed by atoms with E-state index in [1.165, 1.54) is 0 Å². The first kappa shape index (κ1) is 15.4. The molecule has 4 N–H and O–H groups in total. The van der Waals surface area contributed by atoms with Crippen LogP contribution in [-0.4, -0.2) is 28.7 Å². The van der Waals surface area contributed by atoms with Crippen molar-refractivity contribution in [2.75, 3.05) is 6.54 Å². The van der Waals surface area contributed by atoms with E-state index in [4.69, 9.17) is 15.9 Å². The highest BCUT2D eigenvalue weighted by atomic mass is 16.4. The lowest BCUT2D eigenvalue weighted by Crippen LogP contribution is -1.97. The van der Waals surface area contributed by atoms with Gasteiger partial charge in [0.2, 0.25) is 0 Å². The normalized spacial score (nSPS) is 8.71. The zero-order valence-corrected chi connectivity index (χ0v) is 8.53. The van der Waals surface area contributed by atoms with E-state index in [9.17, 15) is 9.59 Å². The highest BCUT2D eigenvalue weighted by molar-refractivity contribution is 5.67. The van der Waals surface area contributed by atoms with Gasteiger partial charge < -0.3 is 15.9 Å². The first-order valence-electron chi connectivity index (χ1n) is 4.68. The summed E-state index contributed by atoms with van der Waals surface area (Å²) in [5.74, 6) is -1.74. The maximum atomic E-state index is 9.90. The monoisotopic (exact) mass is 205 g/mol. The summed E-state index contributed by atoms with van der Waals surface area (Å²) in [7, 11) is 0. The van der Waals surface area contributed by atoms with Crippen molar-refractivity contribution in [1.29, 1.82) is 0 Å². The largest absolute Gasteiger partial charge is 0.481 e. The lowest BCUT2D eigenvalue weighted by molar-refractivity contribution is -0.139. The SMILES string of the molecule is CCCN.O=C(O)CCCCC(=O)O. The third-order valence-electron chi connectivity index (χ3n) is 1.32. The van der Waals surface area contributed by atoms with E-state index in [0.717, 1.165) is 13.0 Å². The first-order chi connectivity index (χ1) is 6.54. The lowest BCUT2D eigenvalue weighted by atomic mass is 10.2. The quantitative estimate of drug-likeness (QED) is 0.563. The van der Waals surface area contributed by atoms with Gasteiger partial charge in [-0.2, -0.15) is 0 Å². The number of nitrogens with two attached hydrogens (primary N) is 1. The van der Waals surface area contributed by atoms with E-state index in [1.54, 1.807) is 0 Å². The van der Waals surface area contributed by atoms with Crippen molar-refractivity contribution in [2.24, 2.45) is 5.73 Å². The summed E-state index contributed by atoms with van der Waals surface area (Å²) >= 11 is 0. The van der Waals surface area contributed by atoms with Gasteiger partial charge in [-0.3, -0.25) is 9.59 Å². The van der Waals surface area contributed by atoms with Gasteiger partial charge in [0.15, 0.2) is 0 Å². The molecule has 0 saturated carbocycles. The number of hydrogen-bond acceptors (Lipinski definition) is 3. The molecule has 0 aliphatic carbocycles. The van der Waals surface area contributed by atoms with Crippen molar-refractivity contribution in [2.45, 2.75) is 39.0 Å². The van der Waals surface area contributed by atoms with Crippen molar-refractivity contribution < 1.29 is 19.8 Å². The van der Waals surface area contributed by atoms with Gasteiger partial charge in [-0.05, 0) is 25.8 Å². The molecule has 0 aromatic heterocycles. The fraction of sp³-hybridized carbons (Fsp3) is 0.778. The third-order valence-corrected chi connectivity index (χ3v) is 1.32. The van der Waals surface area contributed by atoms with E-state index in [0.29, 0.717) is 12.8 Å². The summed E-state index contributed by atoms with van der Waals surface area (Å²) in [6.07, 6.45) is 2.11. The number of carbonyl (C=O) groups is 2. The lowest BCUT2D eigenvalue weighted by Gasteiger charge is -1.92. The maximum Gasteiger partial charge on any atom is 0.303 e. The Bertz CT molecular complexity index is 141. The molecule has 0 aliphatic rings. The summed E-state index contributed by atoms with van der Waals surface area (Å²) in [6, 6.07) is 0. The molecule has 0 saturated heterocycles. The van der Waals surface area contributed by atoms with Crippen molar-refractivity contribution in [3.05, 3.63) is 0 Å². The topological polar surface area (TPSA) is 101 Å². The summed E-state index contributed by atoms with van der Waals surface area (Å²) < 4.78 is 0. The predicted octanol–water partition coefficient (Wildman–Crippen LogP) is 1.07. The number of hydrogen-bond donors (Lipinski definition) is 3. The zero-order chi connectivity index (χ0) is 11.4. The minimum absolute atomic E-state index is 0.0628. The van der Waals surface area contributed by atoms with Crippen molar-refractivity contribution >= 4 is 11.9 Å². The van der Waals surface area contributed by atoms with Gasteiger partial charge in [-0.1, -0.05) is 6.92 Å². The highest BCUT2D eigenvalue weighted by Gasteiger charge is 1.99. The van der Waals surface area contributed by atoms with Gasteiger partial charge in [0.25, 0.3) is 0 Å². The van der Waals surface area contributed by atoms with Crippen LogP contribution in [-0.2, 0) is 9.59 Å². The van der Waals surface area contributed by atoms with Crippen LogP contribution in [0.15, 0.2) is 0 Å². The molecule has 0 atom stereocenters. The van der Waals surface area contributed by atoms with Crippen molar-refractivity contribution in [3.63, 3.8) is 0 Å². The standard InChI is InChI=1S/C6H10O4.C3H9N/c7-5(8)3-1-2-4-6(9)10;1-2-3-4/h1-4H2,(H,7,8)(H,9,10);2-4H2,1H3. The molecule has 0 aromatic carbocycles. The Labute approximate surface area is 83.9 Å². The molecule has 0 aromatic rings. The first-order valence-corrected chi connectivity index (χ1v) is 4.68. The Hall–Kier alpha value is -1.10. The fourth-order valence-electron chi connectivity index (χ4n) is 0.552. The van der Waals surface area contributed by atoms with Gasteiger partial charge in [0, 0.05) is 12.8 Å². The van der Waals surface area contributed by atoms with E-state index in [1.807, 2.05) is 0 Å². The molecule has 0 rings (SSSR count). The molecule has 0 unspecified atom stereocenters. The number of carboxylic acids is 2. The van der Waals surface area contributed by atoms with Crippen LogP contribution < -0.4 is 5.73 Å². The molecule has 5 nitrogen and oxygen atoms in total. The molecule has 0 radical (unpaired) electrons. The minimum Gasteiger partial charge on any atom is -0.481 e. The number of carboxylic acid groups (broad SMARTS) is 2. The summed E-state index contributed by atoms with van der Waals surface area (Å²) in [5.41, 5.74) is 5.03. The molecule has 14 heavy (non-hydrogen) atoms. The number of rotatable bonds is 6. The second kappa shape index (κ2) is 11.9. The Kier molecular flexibility index (Phi) is 13.1. The molecular formula is C9H19NO4. The van der Waals surface area contributed by atoms with E-state index in [2.05, 4.69) is 6.92 Å². The van der Waals surface area contributed by atoms with Gasteiger partial charge in [0.05, 0.1) is 0 Å². The van der Waals surface area contributed by atoms with Gasteiger partial charge in [0.1, 0.15) is 0 Å². The van der Waals surface area contributed by atoms with E-state index >= 15 is 0 Å². The minimum atomic E-state index is -0.870. The van der Waals surface area contributed by atoms with Crippen LogP contribution in [0.3, 0.4) is 0 Å². The van der Waals surface area contributed by atoms with Gasteiger partial charge in [-0.25, -0.2) is 0 Å². The molecule has 0 aliphatic heterocycles. The van der Waals surface area contributed by atoms with Gasteiger partial charge >= 0.3 is 11.9 Å². The summed E-state index contributed by atoms with van der Waals surface area (Å²) in [5, 5.41) is 16.3. The van der Waals surface area contributed by atoms with Crippen LogP contribution in [0.1, 0.15) is 39.0 Å². The molecule has 0 heterocycles. The van der Waals surface area contributed by atoms with E-state index < -0.39 is 11.9 Å². The molecule has 5 heteroatoms. The van der Waals surface area contributed by atoms with Crippen LogP contribution in [0.2, 0.25) is 0 Å². The number of aliphatic carboxylic acids is 2. The van der Waals surface area contributed by atoms with Crippen LogP contribution >= 0.6 is 0 Å². The average Bonchev–Trinajstić information content (AvgIpc) is 2.12. The van der Waals surface area contributed by atoms with Crippen LogP contribution in [0.5, 0.6) is 0 Å². The van der Waals surface area contributed by atoms with E-state index in [-0.39, 0.29) is 12.8 Å². The smallest absolute Gasteiger partial charge is 0.303 e. The van der Waals surface area contributed by atoms with Crippen LogP contribution in [0.25, 0.3) is 0 Å². The highest BCUT2D eigenvalue weighted by Crippen LogP contribution is 1.98. The second-order valence-electron chi connectivity index (χ2n) is 2.78.